The molecule has 4 nitrogen and oxygen atoms in total. The first-order valence-corrected chi connectivity index (χ1v) is 5.72. The Bertz CT molecular complexity index is 430. The summed E-state index contributed by atoms with van der Waals surface area (Å²) in [6.45, 7) is 2.42. The molecule has 4 heteroatoms. The number of carboxylic acids is 1. The number of hydrogen-bond acceptors (Lipinski definition) is 2. The molecule has 2 atom stereocenters. The molecule has 0 radical (unpaired) electrons. The van der Waals surface area contributed by atoms with Crippen molar-refractivity contribution in [3.63, 3.8) is 0 Å². The minimum absolute atomic E-state index is 0.0752. The molecule has 2 rings (SSSR count). The summed E-state index contributed by atoms with van der Waals surface area (Å²) in [6, 6.07) is 9.04. The highest BCUT2D eigenvalue weighted by Crippen LogP contribution is 2.37. The predicted molar refractivity (Wildman–Crippen MR) is 62.3 cm³/mol. The number of benzene rings is 1. The highest BCUT2D eigenvalue weighted by molar-refractivity contribution is 5.87. The second-order valence-electron chi connectivity index (χ2n) is 4.18. The van der Waals surface area contributed by atoms with Gasteiger partial charge in [-0.2, -0.15) is 0 Å². The first-order chi connectivity index (χ1) is 8.15. The van der Waals surface area contributed by atoms with Gasteiger partial charge in [0.1, 0.15) is 0 Å². The van der Waals surface area contributed by atoms with E-state index < -0.39 is 11.9 Å². The van der Waals surface area contributed by atoms with E-state index in [-0.39, 0.29) is 18.4 Å². The average Bonchev–Trinajstić information content (AvgIpc) is 2.67. The summed E-state index contributed by atoms with van der Waals surface area (Å²) in [5.41, 5.74) is 0.896. The maximum absolute atomic E-state index is 11.8. The Hall–Kier alpha value is -1.84. The number of carbonyl (C=O) groups excluding carboxylic acids is 1. The largest absolute Gasteiger partial charge is 0.481 e. The number of nitrogens with zero attached hydrogens (tertiary/aromatic N) is 1. The number of rotatable bonds is 3. The van der Waals surface area contributed by atoms with Gasteiger partial charge < -0.3 is 10.0 Å². The fourth-order valence-corrected chi connectivity index (χ4v) is 2.45. The van der Waals surface area contributed by atoms with Gasteiger partial charge in [0.2, 0.25) is 5.91 Å². The first-order valence-electron chi connectivity index (χ1n) is 5.72. The van der Waals surface area contributed by atoms with Gasteiger partial charge in [-0.3, -0.25) is 9.59 Å². The summed E-state index contributed by atoms with van der Waals surface area (Å²) < 4.78 is 0. The van der Waals surface area contributed by atoms with Gasteiger partial charge in [-0.25, -0.2) is 0 Å². The standard InChI is InChI=1S/C13H15NO3/c1-2-14-11(15)8-10(13(16)17)12(14)9-6-4-3-5-7-9/h3-7,10,12H,2,8H2,1H3,(H,16,17)/t10-,12-/m0/s1. The number of carboxylic acid groups (broad SMARTS) is 1. The predicted octanol–water partition coefficient (Wildman–Crippen LogP) is 1.68. The van der Waals surface area contributed by atoms with Crippen LogP contribution in [0.4, 0.5) is 0 Å². The third-order valence-electron chi connectivity index (χ3n) is 3.23. The van der Waals surface area contributed by atoms with Crippen molar-refractivity contribution in [1.82, 2.24) is 4.90 Å². The molecule has 1 aliphatic heterocycles. The van der Waals surface area contributed by atoms with Crippen molar-refractivity contribution in [2.45, 2.75) is 19.4 Å². The van der Waals surface area contributed by atoms with Crippen LogP contribution in [0.5, 0.6) is 0 Å². The molecule has 1 N–H and O–H groups in total. The van der Waals surface area contributed by atoms with Crippen LogP contribution in [-0.2, 0) is 9.59 Å². The van der Waals surface area contributed by atoms with Gasteiger partial charge in [0, 0.05) is 13.0 Å². The molecule has 1 saturated heterocycles. The van der Waals surface area contributed by atoms with Crippen molar-refractivity contribution in [1.29, 1.82) is 0 Å². The van der Waals surface area contributed by atoms with E-state index in [0.29, 0.717) is 6.54 Å². The second kappa shape index (κ2) is 4.57. The van der Waals surface area contributed by atoms with Crippen LogP contribution in [0.1, 0.15) is 24.9 Å². The lowest BCUT2D eigenvalue weighted by Gasteiger charge is -2.25. The van der Waals surface area contributed by atoms with Crippen molar-refractivity contribution in [2.75, 3.05) is 6.54 Å². The Kier molecular flexibility index (Phi) is 3.13. The molecule has 1 aromatic carbocycles. The van der Waals surface area contributed by atoms with Crippen LogP contribution in [0.3, 0.4) is 0 Å². The van der Waals surface area contributed by atoms with Gasteiger partial charge in [-0.1, -0.05) is 30.3 Å². The molecule has 1 heterocycles. The molecule has 0 aliphatic carbocycles. The highest BCUT2D eigenvalue weighted by atomic mass is 16.4. The lowest BCUT2D eigenvalue weighted by molar-refractivity contribution is -0.142. The molecule has 0 unspecified atom stereocenters. The zero-order chi connectivity index (χ0) is 12.4. The monoisotopic (exact) mass is 233 g/mol. The molecule has 0 spiro atoms. The van der Waals surface area contributed by atoms with Gasteiger partial charge in [-0.05, 0) is 12.5 Å². The Balaban J connectivity index is 2.39. The number of amides is 1. The first kappa shape index (κ1) is 11.6. The minimum Gasteiger partial charge on any atom is -0.481 e. The van der Waals surface area contributed by atoms with Crippen LogP contribution in [0, 0.1) is 5.92 Å². The smallest absolute Gasteiger partial charge is 0.309 e. The zero-order valence-corrected chi connectivity index (χ0v) is 9.67. The molecule has 90 valence electrons. The van der Waals surface area contributed by atoms with Crippen LogP contribution in [-0.4, -0.2) is 28.4 Å². The molecule has 0 bridgehead atoms. The van der Waals surface area contributed by atoms with Gasteiger partial charge in [0.25, 0.3) is 0 Å². The quantitative estimate of drug-likeness (QED) is 0.864. The topological polar surface area (TPSA) is 57.6 Å². The average molecular weight is 233 g/mol. The van der Waals surface area contributed by atoms with E-state index in [2.05, 4.69) is 0 Å². The summed E-state index contributed by atoms with van der Waals surface area (Å²) in [4.78, 5) is 24.6. The summed E-state index contributed by atoms with van der Waals surface area (Å²) in [6.07, 6.45) is 0.0999. The highest BCUT2D eigenvalue weighted by Gasteiger charge is 2.43. The molecule has 1 aromatic rings. The van der Waals surface area contributed by atoms with E-state index >= 15 is 0 Å². The van der Waals surface area contributed by atoms with Crippen molar-refractivity contribution >= 4 is 11.9 Å². The lowest BCUT2D eigenvalue weighted by atomic mass is 9.94. The summed E-state index contributed by atoms with van der Waals surface area (Å²) >= 11 is 0. The molecular formula is C13H15NO3. The van der Waals surface area contributed by atoms with Gasteiger partial charge in [-0.15, -0.1) is 0 Å². The van der Waals surface area contributed by atoms with Crippen LogP contribution >= 0.6 is 0 Å². The summed E-state index contributed by atoms with van der Waals surface area (Å²) in [7, 11) is 0. The number of carbonyl (C=O) groups is 2. The molecule has 1 amide bonds. The van der Waals surface area contributed by atoms with Crippen LogP contribution in [0.25, 0.3) is 0 Å². The van der Waals surface area contributed by atoms with Crippen molar-refractivity contribution in [3.05, 3.63) is 35.9 Å². The van der Waals surface area contributed by atoms with Crippen molar-refractivity contribution in [3.8, 4) is 0 Å². The normalized spacial score (nSPS) is 24.1. The van der Waals surface area contributed by atoms with E-state index in [0.717, 1.165) is 5.56 Å². The Morgan fingerprint density at radius 1 is 1.41 bits per heavy atom. The SMILES string of the molecule is CCN1C(=O)C[C@H](C(=O)O)[C@@H]1c1ccccc1. The van der Waals surface area contributed by atoms with Gasteiger partial charge in [0.15, 0.2) is 0 Å². The van der Waals surface area contributed by atoms with Crippen LogP contribution < -0.4 is 0 Å². The minimum atomic E-state index is -0.900. The molecule has 0 aromatic heterocycles. The molecule has 17 heavy (non-hydrogen) atoms. The van der Waals surface area contributed by atoms with E-state index in [9.17, 15) is 14.7 Å². The van der Waals surface area contributed by atoms with E-state index in [1.54, 1.807) is 4.90 Å². The van der Waals surface area contributed by atoms with E-state index in [1.165, 1.54) is 0 Å². The Labute approximate surface area is 99.9 Å². The second-order valence-corrected chi connectivity index (χ2v) is 4.18. The third-order valence-corrected chi connectivity index (χ3v) is 3.23. The van der Waals surface area contributed by atoms with Crippen LogP contribution in [0.2, 0.25) is 0 Å². The lowest BCUT2D eigenvalue weighted by Crippen LogP contribution is -2.30. The summed E-state index contributed by atoms with van der Waals surface area (Å²) in [5, 5.41) is 9.20. The molecule has 0 saturated carbocycles. The number of hydrogen-bond donors (Lipinski definition) is 1. The maximum Gasteiger partial charge on any atom is 0.309 e. The van der Waals surface area contributed by atoms with E-state index in [4.69, 9.17) is 0 Å². The molecule has 1 fully saturated rings. The van der Waals surface area contributed by atoms with Gasteiger partial charge in [0.05, 0.1) is 12.0 Å². The third kappa shape index (κ3) is 2.02. The Morgan fingerprint density at radius 2 is 2.06 bits per heavy atom. The van der Waals surface area contributed by atoms with Crippen molar-refractivity contribution < 1.29 is 14.7 Å². The fourth-order valence-electron chi connectivity index (χ4n) is 2.45. The fraction of sp³-hybridized carbons (Fsp3) is 0.385. The van der Waals surface area contributed by atoms with Crippen LogP contribution in [0.15, 0.2) is 30.3 Å². The molecule has 1 aliphatic rings. The molecular weight excluding hydrogens is 218 g/mol. The number of aliphatic carboxylic acids is 1. The van der Waals surface area contributed by atoms with E-state index in [1.807, 2.05) is 37.3 Å². The maximum atomic E-state index is 11.8. The zero-order valence-electron chi connectivity index (χ0n) is 9.67. The summed E-state index contributed by atoms with van der Waals surface area (Å²) in [5.74, 6) is -1.61. The Morgan fingerprint density at radius 3 is 2.59 bits per heavy atom. The van der Waals surface area contributed by atoms with Crippen molar-refractivity contribution in [2.24, 2.45) is 5.92 Å². The number of likely N-dealkylation sites (tertiary alicyclic amines) is 1. The van der Waals surface area contributed by atoms with Gasteiger partial charge >= 0.3 is 5.97 Å².